The van der Waals surface area contributed by atoms with E-state index in [1.165, 1.54) is 0 Å². The first-order chi connectivity index (χ1) is 9.70. The van der Waals surface area contributed by atoms with Gasteiger partial charge in [0.05, 0.1) is 10.2 Å². The number of hydrogen-bond acceptors (Lipinski definition) is 4. The van der Waals surface area contributed by atoms with E-state index in [2.05, 4.69) is 22.5 Å². The van der Waals surface area contributed by atoms with Crippen LogP contribution in [0.15, 0.2) is 24.3 Å². The molecule has 1 heterocycles. The predicted molar refractivity (Wildman–Crippen MR) is 85.2 cm³/mol. The van der Waals surface area contributed by atoms with Crippen molar-refractivity contribution in [3.63, 3.8) is 0 Å². The predicted octanol–water partition coefficient (Wildman–Crippen LogP) is 3.40. The van der Waals surface area contributed by atoms with Crippen LogP contribution in [0.4, 0.5) is 5.13 Å². The zero-order valence-corrected chi connectivity index (χ0v) is 12.8. The van der Waals surface area contributed by atoms with Crippen LogP contribution >= 0.6 is 11.3 Å². The number of nitrogens with zero attached hydrogens (tertiary/aromatic N) is 1. The van der Waals surface area contributed by atoms with Gasteiger partial charge in [-0.2, -0.15) is 0 Å². The maximum Gasteiger partial charge on any atom is 0.242 e. The zero-order valence-electron chi connectivity index (χ0n) is 12.0. The zero-order chi connectivity index (χ0) is 14.4. The van der Waals surface area contributed by atoms with Gasteiger partial charge < -0.3 is 10.6 Å². The van der Waals surface area contributed by atoms with E-state index in [-0.39, 0.29) is 11.9 Å². The van der Waals surface area contributed by atoms with Crippen LogP contribution < -0.4 is 10.6 Å². The fourth-order valence-corrected chi connectivity index (χ4v) is 2.88. The Bertz CT molecular complexity index is 534. The number of unbranched alkanes of at least 4 members (excludes halogenated alkanes) is 2. The molecular formula is C15H21N3OS. The Kier molecular flexibility index (Phi) is 5.35. The molecule has 108 valence electrons. The molecule has 2 N–H and O–H groups in total. The first kappa shape index (κ1) is 14.8. The van der Waals surface area contributed by atoms with Crippen molar-refractivity contribution >= 4 is 32.6 Å². The summed E-state index contributed by atoms with van der Waals surface area (Å²) in [5, 5.41) is 6.91. The summed E-state index contributed by atoms with van der Waals surface area (Å²) in [6.07, 6.45) is 3.35. The van der Waals surface area contributed by atoms with Crippen molar-refractivity contribution in [3.8, 4) is 0 Å². The molecule has 0 bridgehead atoms. The number of carbonyl (C=O) groups is 1. The molecule has 0 radical (unpaired) electrons. The van der Waals surface area contributed by atoms with Crippen molar-refractivity contribution in [2.24, 2.45) is 0 Å². The molecule has 1 amide bonds. The average Bonchev–Trinajstić information content (AvgIpc) is 2.85. The van der Waals surface area contributed by atoms with Gasteiger partial charge in [0, 0.05) is 6.54 Å². The number of para-hydroxylation sites is 1. The van der Waals surface area contributed by atoms with Crippen molar-refractivity contribution in [1.82, 2.24) is 10.3 Å². The van der Waals surface area contributed by atoms with Crippen molar-refractivity contribution in [3.05, 3.63) is 24.3 Å². The highest BCUT2D eigenvalue weighted by molar-refractivity contribution is 7.22. The maximum atomic E-state index is 11.9. The highest BCUT2D eigenvalue weighted by Gasteiger charge is 2.13. The van der Waals surface area contributed by atoms with Crippen molar-refractivity contribution in [2.75, 3.05) is 11.9 Å². The Morgan fingerprint density at radius 1 is 1.35 bits per heavy atom. The summed E-state index contributed by atoms with van der Waals surface area (Å²) >= 11 is 1.57. The normalized spacial score (nSPS) is 12.3. The first-order valence-corrected chi connectivity index (χ1v) is 7.92. The first-order valence-electron chi connectivity index (χ1n) is 7.10. The molecule has 0 saturated heterocycles. The highest BCUT2D eigenvalue weighted by atomic mass is 32.1. The van der Waals surface area contributed by atoms with E-state index in [0.717, 1.165) is 41.2 Å². The molecule has 5 heteroatoms. The van der Waals surface area contributed by atoms with Crippen LogP contribution in [-0.4, -0.2) is 23.5 Å². The third-order valence-corrected chi connectivity index (χ3v) is 4.07. The Balaban J connectivity index is 1.86. The SMILES string of the molecule is CCCCCNC(=O)[C@@H](C)Nc1nc2ccccc2s1. The van der Waals surface area contributed by atoms with Gasteiger partial charge >= 0.3 is 0 Å². The second kappa shape index (κ2) is 7.24. The molecule has 0 fully saturated rings. The minimum absolute atomic E-state index is 0.0281. The van der Waals surface area contributed by atoms with Gasteiger partial charge in [0.2, 0.25) is 5.91 Å². The Morgan fingerprint density at radius 2 is 2.15 bits per heavy atom. The summed E-state index contributed by atoms with van der Waals surface area (Å²) in [5.74, 6) is 0.0281. The van der Waals surface area contributed by atoms with Crippen LogP contribution in [0, 0.1) is 0 Å². The molecule has 1 aromatic heterocycles. The van der Waals surface area contributed by atoms with Crippen LogP contribution in [0.25, 0.3) is 10.2 Å². The largest absolute Gasteiger partial charge is 0.354 e. The van der Waals surface area contributed by atoms with Crippen LogP contribution in [0.5, 0.6) is 0 Å². The third-order valence-electron chi connectivity index (χ3n) is 3.11. The fourth-order valence-electron chi connectivity index (χ4n) is 1.92. The lowest BCUT2D eigenvalue weighted by atomic mass is 10.2. The number of rotatable bonds is 7. The van der Waals surface area contributed by atoms with Crippen molar-refractivity contribution in [1.29, 1.82) is 0 Å². The number of carbonyl (C=O) groups excluding carboxylic acids is 1. The summed E-state index contributed by atoms with van der Waals surface area (Å²) in [7, 11) is 0. The number of fused-ring (bicyclic) bond motifs is 1. The minimum atomic E-state index is -0.266. The number of hydrogen-bond donors (Lipinski definition) is 2. The molecule has 0 spiro atoms. The van der Waals surface area contributed by atoms with Gasteiger partial charge in [0.1, 0.15) is 6.04 Å². The Hall–Kier alpha value is -1.62. The standard InChI is InChI=1S/C15H21N3OS/c1-3-4-7-10-16-14(19)11(2)17-15-18-12-8-5-6-9-13(12)20-15/h5-6,8-9,11H,3-4,7,10H2,1-2H3,(H,16,19)(H,17,18)/t11-/m1/s1. The van der Waals surface area contributed by atoms with Crippen LogP contribution in [0.3, 0.4) is 0 Å². The molecule has 0 aliphatic carbocycles. The van der Waals surface area contributed by atoms with Gasteiger partial charge in [-0.05, 0) is 25.5 Å². The molecule has 1 atom stereocenters. The highest BCUT2D eigenvalue weighted by Crippen LogP contribution is 2.25. The van der Waals surface area contributed by atoms with Crippen LogP contribution in [0.1, 0.15) is 33.1 Å². The molecule has 0 unspecified atom stereocenters. The summed E-state index contributed by atoms with van der Waals surface area (Å²) in [6.45, 7) is 4.76. The monoisotopic (exact) mass is 291 g/mol. The number of nitrogens with one attached hydrogen (secondary N) is 2. The second-order valence-corrected chi connectivity index (χ2v) is 5.88. The van der Waals surface area contributed by atoms with E-state index >= 15 is 0 Å². The third kappa shape index (κ3) is 3.93. The molecule has 4 nitrogen and oxygen atoms in total. The van der Waals surface area contributed by atoms with Gasteiger partial charge in [-0.25, -0.2) is 4.98 Å². The lowest BCUT2D eigenvalue weighted by Crippen LogP contribution is -2.37. The second-order valence-electron chi connectivity index (χ2n) is 4.85. The molecule has 2 rings (SSSR count). The molecule has 0 aliphatic rings. The summed E-state index contributed by atoms with van der Waals surface area (Å²) in [5.41, 5.74) is 0.968. The van der Waals surface area contributed by atoms with E-state index in [9.17, 15) is 4.79 Å². The fraction of sp³-hybridized carbons (Fsp3) is 0.467. The molecule has 1 aromatic carbocycles. The molecule has 2 aromatic rings. The molecule has 0 aliphatic heterocycles. The van der Waals surface area contributed by atoms with Crippen LogP contribution in [-0.2, 0) is 4.79 Å². The van der Waals surface area contributed by atoms with E-state index in [0.29, 0.717) is 0 Å². The van der Waals surface area contributed by atoms with E-state index < -0.39 is 0 Å². The average molecular weight is 291 g/mol. The molecule has 20 heavy (non-hydrogen) atoms. The Labute approximate surface area is 123 Å². The number of benzene rings is 1. The number of aromatic nitrogens is 1. The number of amides is 1. The van der Waals surface area contributed by atoms with E-state index in [4.69, 9.17) is 0 Å². The Morgan fingerprint density at radius 3 is 2.90 bits per heavy atom. The maximum absolute atomic E-state index is 11.9. The van der Waals surface area contributed by atoms with Gasteiger partial charge in [-0.15, -0.1) is 0 Å². The molecule has 0 saturated carbocycles. The van der Waals surface area contributed by atoms with Crippen molar-refractivity contribution in [2.45, 2.75) is 39.2 Å². The van der Waals surface area contributed by atoms with Gasteiger partial charge in [-0.3, -0.25) is 4.79 Å². The van der Waals surface area contributed by atoms with Gasteiger partial charge in [0.15, 0.2) is 5.13 Å². The lowest BCUT2D eigenvalue weighted by molar-refractivity contribution is -0.121. The van der Waals surface area contributed by atoms with Crippen molar-refractivity contribution < 1.29 is 4.79 Å². The lowest BCUT2D eigenvalue weighted by Gasteiger charge is -2.12. The minimum Gasteiger partial charge on any atom is -0.354 e. The smallest absolute Gasteiger partial charge is 0.242 e. The summed E-state index contributed by atoms with van der Waals surface area (Å²) in [4.78, 5) is 16.4. The summed E-state index contributed by atoms with van der Waals surface area (Å²) in [6, 6.07) is 7.71. The summed E-state index contributed by atoms with van der Waals surface area (Å²) < 4.78 is 1.13. The van der Waals surface area contributed by atoms with E-state index in [1.807, 2.05) is 31.2 Å². The topological polar surface area (TPSA) is 54.0 Å². The quantitative estimate of drug-likeness (QED) is 0.769. The van der Waals surface area contributed by atoms with Crippen LogP contribution in [0.2, 0.25) is 0 Å². The van der Waals surface area contributed by atoms with Gasteiger partial charge in [-0.1, -0.05) is 43.2 Å². The number of thiazole rings is 1. The van der Waals surface area contributed by atoms with Gasteiger partial charge in [0.25, 0.3) is 0 Å². The van der Waals surface area contributed by atoms with E-state index in [1.54, 1.807) is 11.3 Å². The molecular weight excluding hydrogens is 270 g/mol. The number of anilines is 1.